The van der Waals surface area contributed by atoms with E-state index in [4.69, 9.17) is 22.7 Å². The van der Waals surface area contributed by atoms with E-state index in [1.54, 1.807) is 0 Å². The van der Waals surface area contributed by atoms with Gasteiger partial charge in [0.2, 0.25) is 0 Å². The highest BCUT2D eigenvalue weighted by molar-refractivity contribution is 7.80. The van der Waals surface area contributed by atoms with Gasteiger partial charge in [0.15, 0.2) is 0 Å². The second-order valence-corrected chi connectivity index (χ2v) is 5.16. The van der Waals surface area contributed by atoms with Crippen molar-refractivity contribution in [1.29, 1.82) is 0 Å². The highest BCUT2D eigenvalue weighted by Crippen LogP contribution is 2.29. The molecule has 0 aromatic heterocycles. The topological polar surface area (TPSA) is 38.5 Å². The number of benzene rings is 1. The molecule has 1 fully saturated rings. The van der Waals surface area contributed by atoms with Crippen molar-refractivity contribution in [2.24, 2.45) is 5.73 Å². The number of nitrogens with two attached hydrogens (primary N) is 1. The first-order valence-corrected chi connectivity index (χ1v) is 6.56. The van der Waals surface area contributed by atoms with Crippen molar-refractivity contribution in [2.75, 3.05) is 19.7 Å². The SMILES string of the molecule is NC(=S)C1CN(Cc2ccc(C(F)(F)F)cc2)CCO1. The van der Waals surface area contributed by atoms with E-state index in [-0.39, 0.29) is 6.10 Å². The average Bonchev–Trinajstić information content (AvgIpc) is 2.38. The number of halogens is 3. The second-order valence-electron chi connectivity index (χ2n) is 4.69. The van der Waals surface area contributed by atoms with Crippen LogP contribution < -0.4 is 5.73 Å². The van der Waals surface area contributed by atoms with Crippen molar-refractivity contribution < 1.29 is 17.9 Å². The second kappa shape index (κ2) is 6.07. The Morgan fingerprint density at radius 2 is 2.00 bits per heavy atom. The first-order chi connectivity index (χ1) is 9.36. The molecule has 20 heavy (non-hydrogen) atoms. The molecule has 1 unspecified atom stereocenters. The zero-order valence-electron chi connectivity index (χ0n) is 10.7. The summed E-state index contributed by atoms with van der Waals surface area (Å²) in [6.07, 6.45) is -4.58. The first-order valence-electron chi connectivity index (χ1n) is 6.15. The number of rotatable bonds is 3. The maximum Gasteiger partial charge on any atom is 0.416 e. The third-order valence-corrected chi connectivity index (χ3v) is 3.42. The van der Waals surface area contributed by atoms with Crippen LogP contribution in [0.5, 0.6) is 0 Å². The molecule has 0 spiro atoms. The fourth-order valence-electron chi connectivity index (χ4n) is 2.08. The molecule has 0 radical (unpaired) electrons. The van der Waals surface area contributed by atoms with Gasteiger partial charge in [-0.1, -0.05) is 24.4 Å². The standard InChI is InChI=1S/C13H15F3N2OS/c14-13(15,16)10-3-1-9(2-4-10)7-18-5-6-19-11(8-18)12(17)20/h1-4,11H,5-8H2,(H2,17,20). The molecule has 1 aromatic rings. The molecule has 2 rings (SSSR count). The van der Waals surface area contributed by atoms with Crippen LogP contribution in [0.1, 0.15) is 11.1 Å². The molecule has 2 N–H and O–H groups in total. The number of hydrogen-bond donors (Lipinski definition) is 1. The minimum Gasteiger partial charge on any atom is -0.391 e. The van der Waals surface area contributed by atoms with Crippen LogP contribution in [0, 0.1) is 0 Å². The normalized spacial score (nSPS) is 20.9. The summed E-state index contributed by atoms with van der Waals surface area (Å²) in [4.78, 5) is 2.37. The summed E-state index contributed by atoms with van der Waals surface area (Å²) in [5.74, 6) is 0. The molecule has 1 aromatic carbocycles. The van der Waals surface area contributed by atoms with Gasteiger partial charge in [-0.25, -0.2) is 0 Å². The van der Waals surface area contributed by atoms with E-state index < -0.39 is 11.7 Å². The van der Waals surface area contributed by atoms with Gasteiger partial charge in [0.05, 0.1) is 12.2 Å². The van der Waals surface area contributed by atoms with Gasteiger partial charge in [-0.05, 0) is 17.7 Å². The van der Waals surface area contributed by atoms with Crippen molar-refractivity contribution in [3.63, 3.8) is 0 Å². The zero-order valence-corrected chi connectivity index (χ0v) is 11.5. The van der Waals surface area contributed by atoms with E-state index in [0.717, 1.165) is 17.7 Å². The van der Waals surface area contributed by atoms with Gasteiger partial charge < -0.3 is 10.5 Å². The Kier molecular flexibility index (Phi) is 4.62. The summed E-state index contributed by atoms with van der Waals surface area (Å²) in [5.41, 5.74) is 5.73. The summed E-state index contributed by atoms with van der Waals surface area (Å²) in [5, 5.41) is 0. The summed E-state index contributed by atoms with van der Waals surface area (Å²) in [6.45, 7) is 2.35. The van der Waals surface area contributed by atoms with Crippen LogP contribution in [0.25, 0.3) is 0 Å². The number of nitrogens with zero attached hydrogens (tertiary/aromatic N) is 1. The zero-order chi connectivity index (χ0) is 14.8. The molecule has 0 saturated carbocycles. The van der Waals surface area contributed by atoms with Crippen LogP contribution in [0.3, 0.4) is 0 Å². The van der Waals surface area contributed by atoms with Crippen LogP contribution in [-0.4, -0.2) is 35.7 Å². The van der Waals surface area contributed by atoms with E-state index in [1.165, 1.54) is 12.1 Å². The summed E-state index contributed by atoms with van der Waals surface area (Å²) < 4.78 is 42.8. The van der Waals surface area contributed by atoms with Crippen LogP contribution in [0.15, 0.2) is 24.3 Å². The number of hydrogen-bond acceptors (Lipinski definition) is 3. The quantitative estimate of drug-likeness (QED) is 0.869. The molecule has 3 nitrogen and oxygen atoms in total. The lowest BCUT2D eigenvalue weighted by Crippen LogP contribution is -2.47. The molecule has 0 amide bonds. The highest BCUT2D eigenvalue weighted by atomic mass is 32.1. The summed E-state index contributed by atoms with van der Waals surface area (Å²) in [7, 11) is 0. The molecule has 0 aliphatic carbocycles. The molecular weight excluding hydrogens is 289 g/mol. The molecular formula is C13H15F3N2OS. The number of alkyl halides is 3. The molecule has 7 heteroatoms. The van der Waals surface area contributed by atoms with Gasteiger partial charge in [0.1, 0.15) is 11.1 Å². The Labute approximate surface area is 120 Å². The molecule has 1 aliphatic heterocycles. The average molecular weight is 304 g/mol. The van der Waals surface area contributed by atoms with E-state index >= 15 is 0 Å². The van der Waals surface area contributed by atoms with E-state index in [2.05, 4.69) is 4.90 Å². The molecule has 0 bridgehead atoms. The highest BCUT2D eigenvalue weighted by Gasteiger charge is 2.30. The number of ether oxygens (including phenoxy) is 1. The minimum absolute atomic E-state index is 0.284. The van der Waals surface area contributed by atoms with Crippen molar-refractivity contribution >= 4 is 17.2 Å². The van der Waals surface area contributed by atoms with Gasteiger partial charge in [0.25, 0.3) is 0 Å². The van der Waals surface area contributed by atoms with Crippen molar-refractivity contribution in [1.82, 2.24) is 4.90 Å². The van der Waals surface area contributed by atoms with Gasteiger partial charge in [-0.15, -0.1) is 0 Å². The van der Waals surface area contributed by atoms with Crippen molar-refractivity contribution in [3.8, 4) is 0 Å². The smallest absolute Gasteiger partial charge is 0.391 e. The Balaban J connectivity index is 1.98. The van der Waals surface area contributed by atoms with E-state index in [0.29, 0.717) is 31.2 Å². The van der Waals surface area contributed by atoms with Gasteiger partial charge in [-0.3, -0.25) is 4.90 Å². The largest absolute Gasteiger partial charge is 0.416 e. The number of thiocarbonyl (C=S) groups is 1. The third-order valence-electron chi connectivity index (χ3n) is 3.16. The van der Waals surface area contributed by atoms with Gasteiger partial charge in [0, 0.05) is 19.6 Å². The van der Waals surface area contributed by atoms with Crippen molar-refractivity contribution in [2.45, 2.75) is 18.8 Å². The van der Waals surface area contributed by atoms with Gasteiger partial charge >= 0.3 is 6.18 Å². The Hall–Kier alpha value is -1.18. The van der Waals surface area contributed by atoms with Crippen LogP contribution in [-0.2, 0) is 17.5 Å². The lowest BCUT2D eigenvalue weighted by Gasteiger charge is -2.32. The molecule has 1 aliphatic rings. The summed E-state index contributed by atoms with van der Waals surface area (Å²) >= 11 is 4.89. The fraction of sp³-hybridized carbons (Fsp3) is 0.462. The lowest BCUT2D eigenvalue weighted by atomic mass is 10.1. The van der Waals surface area contributed by atoms with Crippen LogP contribution in [0.4, 0.5) is 13.2 Å². The van der Waals surface area contributed by atoms with Crippen LogP contribution in [0.2, 0.25) is 0 Å². The maximum absolute atomic E-state index is 12.5. The van der Waals surface area contributed by atoms with E-state index in [9.17, 15) is 13.2 Å². The number of morpholine rings is 1. The molecule has 1 atom stereocenters. The van der Waals surface area contributed by atoms with E-state index in [1.807, 2.05) is 0 Å². The first kappa shape index (κ1) is 15.2. The van der Waals surface area contributed by atoms with Crippen molar-refractivity contribution in [3.05, 3.63) is 35.4 Å². The predicted molar refractivity (Wildman–Crippen MR) is 73.2 cm³/mol. The Bertz CT molecular complexity index is 475. The minimum atomic E-state index is -4.30. The summed E-state index contributed by atoms with van der Waals surface area (Å²) in [6, 6.07) is 5.18. The lowest BCUT2D eigenvalue weighted by molar-refractivity contribution is -0.137. The Morgan fingerprint density at radius 1 is 1.35 bits per heavy atom. The monoisotopic (exact) mass is 304 g/mol. The Morgan fingerprint density at radius 3 is 2.55 bits per heavy atom. The predicted octanol–water partition coefficient (Wildman–Crippen LogP) is 2.19. The molecule has 110 valence electrons. The van der Waals surface area contributed by atoms with Crippen LogP contribution >= 0.6 is 12.2 Å². The molecule has 1 saturated heterocycles. The fourth-order valence-corrected chi connectivity index (χ4v) is 2.22. The maximum atomic E-state index is 12.5. The third kappa shape index (κ3) is 3.91. The van der Waals surface area contributed by atoms with Gasteiger partial charge in [-0.2, -0.15) is 13.2 Å². The molecule has 1 heterocycles.